The highest BCUT2D eigenvalue weighted by Crippen LogP contribution is 2.32. The van der Waals surface area contributed by atoms with E-state index in [1.807, 2.05) is 6.92 Å². The Hall–Kier alpha value is 0.0400. The Balaban J connectivity index is 2.23. The Morgan fingerprint density at radius 2 is 2.08 bits per heavy atom. The number of hydrogen-bond acceptors (Lipinski definition) is 0. The molecule has 1 aliphatic carbocycles. The molecule has 1 aliphatic rings. The molecule has 68 valence electrons. The maximum absolute atomic E-state index is 3.76. The molecule has 0 aromatic carbocycles. The van der Waals surface area contributed by atoms with Crippen LogP contribution < -0.4 is 0 Å². The Morgan fingerprint density at radius 3 is 2.75 bits per heavy atom. The van der Waals surface area contributed by atoms with Gasteiger partial charge in [0.05, 0.1) is 0 Å². The van der Waals surface area contributed by atoms with Crippen molar-refractivity contribution in [1.29, 1.82) is 0 Å². The average molecular weight is 229 g/mol. The predicted molar refractivity (Wildman–Crippen MR) is 57.4 cm³/mol. The zero-order chi connectivity index (χ0) is 8.81. The van der Waals surface area contributed by atoms with Gasteiger partial charge in [-0.05, 0) is 32.1 Å². The van der Waals surface area contributed by atoms with Crippen molar-refractivity contribution in [2.75, 3.05) is 0 Å². The lowest BCUT2D eigenvalue weighted by molar-refractivity contribution is 0.358. The smallest absolute Gasteiger partial charge is 0.0174 e. The third-order valence-corrected chi connectivity index (χ3v) is 3.84. The Morgan fingerprint density at radius 1 is 1.33 bits per heavy atom. The highest BCUT2D eigenvalue weighted by atomic mass is 79.9. The largest absolute Gasteiger partial charge is 0.107 e. The Kier molecular flexibility index (Phi) is 4.76. The zero-order valence-electron chi connectivity index (χ0n) is 7.78. The van der Waals surface area contributed by atoms with E-state index in [1.54, 1.807) is 0 Å². The monoisotopic (exact) mass is 228 g/mol. The highest BCUT2D eigenvalue weighted by molar-refractivity contribution is 9.09. The molecule has 2 unspecified atom stereocenters. The Labute approximate surface area is 84.2 Å². The molecule has 0 heterocycles. The summed E-state index contributed by atoms with van der Waals surface area (Å²) in [6, 6.07) is 0. The highest BCUT2D eigenvalue weighted by Gasteiger charge is 2.21. The number of rotatable bonds is 2. The summed E-state index contributed by atoms with van der Waals surface area (Å²) in [5.74, 6) is 6.99. The quantitative estimate of drug-likeness (QED) is 0.499. The average Bonchev–Trinajstić information content (AvgIpc) is 2.09. The molecule has 0 amide bonds. The minimum atomic E-state index is 0.768. The van der Waals surface area contributed by atoms with Crippen molar-refractivity contribution in [2.24, 2.45) is 5.92 Å². The van der Waals surface area contributed by atoms with E-state index >= 15 is 0 Å². The fourth-order valence-electron chi connectivity index (χ4n) is 1.87. The molecular formula is C11H17Br. The summed E-state index contributed by atoms with van der Waals surface area (Å²) in [4.78, 5) is 0.768. The number of halogens is 1. The van der Waals surface area contributed by atoms with E-state index < -0.39 is 0 Å². The third-order valence-electron chi connectivity index (χ3n) is 2.63. The summed E-state index contributed by atoms with van der Waals surface area (Å²) in [7, 11) is 0. The molecule has 0 N–H and O–H groups in total. The van der Waals surface area contributed by atoms with Gasteiger partial charge in [-0.15, -0.1) is 11.8 Å². The van der Waals surface area contributed by atoms with E-state index in [1.165, 1.54) is 32.1 Å². The number of hydrogen-bond donors (Lipinski definition) is 0. The topological polar surface area (TPSA) is 0 Å². The lowest BCUT2D eigenvalue weighted by Crippen LogP contribution is -2.18. The van der Waals surface area contributed by atoms with E-state index in [-0.39, 0.29) is 0 Å². The van der Waals surface area contributed by atoms with Gasteiger partial charge in [0, 0.05) is 11.2 Å². The van der Waals surface area contributed by atoms with Crippen LogP contribution in [0.1, 0.15) is 45.4 Å². The number of alkyl halides is 1. The zero-order valence-corrected chi connectivity index (χ0v) is 9.36. The van der Waals surface area contributed by atoms with E-state index in [0.717, 1.165) is 17.2 Å². The summed E-state index contributed by atoms with van der Waals surface area (Å²) < 4.78 is 0. The van der Waals surface area contributed by atoms with Crippen molar-refractivity contribution in [3.05, 3.63) is 0 Å². The van der Waals surface area contributed by atoms with Crippen LogP contribution in [0.2, 0.25) is 0 Å². The van der Waals surface area contributed by atoms with Gasteiger partial charge in [0.2, 0.25) is 0 Å². The van der Waals surface area contributed by atoms with Crippen molar-refractivity contribution in [3.8, 4) is 11.8 Å². The summed E-state index contributed by atoms with van der Waals surface area (Å²) >= 11 is 3.76. The molecule has 1 saturated carbocycles. The Bertz CT molecular complexity index is 175. The molecule has 0 radical (unpaired) electrons. The summed E-state index contributed by atoms with van der Waals surface area (Å²) in [6.07, 6.45) is 7.98. The molecule has 0 aromatic heterocycles. The maximum atomic E-state index is 3.76. The van der Waals surface area contributed by atoms with Crippen LogP contribution in [0.15, 0.2) is 0 Å². The lowest BCUT2D eigenvalue weighted by atomic mass is 9.86. The molecule has 0 spiro atoms. The fraction of sp³-hybridized carbons (Fsp3) is 0.818. The normalized spacial score (nSPS) is 29.2. The summed E-state index contributed by atoms with van der Waals surface area (Å²) in [6.45, 7) is 1.92. The van der Waals surface area contributed by atoms with Crippen LogP contribution in [0.5, 0.6) is 0 Å². The fourth-order valence-corrected chi connectivity index (χ4v) is 2.72. The third kappa shape index (κ3) is 3.19. The van der Waals surface area contributed by atoms with Crippen LogP contribution in [0.3, 0.4) is 0 Å². The van der Waals surface area contributed by atoms with E-state index in [2.05, 4.69) is 27.8 Å². The van der Waals surface area contributed by atoms with Crippen LogP contribution in [0, 0.1) is 17.8 Å². The molecule has 1 fully saturated rings. The van der Waals surface area contributed by atoms with Crippen molar-refractivity contribution in [1.82, 2.24) is 0 Å². The lowest BCUT2D eigenvalue weighted by Gasteiger charge is -2.26. The van der Waals surface area contributed by atoms with E-state index in [9.17, 15) is 0 Å². The van der Waals surface area contributed by atoms with Gasteiger partial charge in [-0.25, -0.2) is 0 Å². The van der Waals surface area contributed by atoms with Crippen LogP contribution >= 0.6 is 15.9 Å². The standard InChI is InChI=1S/C11H17Br/c1-2-3-4-7-10-8-5-6-9-11(10)12/h10-11H,4-9H2,1H3. The molecule has 0 aromatic rings. The van der Waals surface area contributed by atoms with Gasteiger partial charge in [0.15, 0.2) is 0 Å². The van der Waals surface area contributed by atoms with E-state index in [0.29, 0.717) is 0 Å². The van der Waals surface area contributed by atoms with Crippen LogP contribution in [0.4, 0.5) is 0 Å². The van der Waals surface area contributed by atoms with Crippen molar-refractivity contribution < 1.29 is 0 Å². The molecule has 12 heavy (non-hydrogen) atoms. The molecule has 0 nitrogen and oxygen atoms in total. The van der Waals surface area contributed by atoms with Gasteiger partial charge in [-0.2, -0.15) is 0 Å². The molecule has 2 atom stereocenters. The van der Waals surface area contributed by atoms with Gasteiger partial charge < -0.3 is 0 Å². The predicted octanol–water partition coefficient (Wildman–Crippen LogP) is 3.74. The SMILES string of the molecule is CC#CCCC1CCCCC1Br. The second kappa shape index (κ2) is 5.65. The molecule has 0 aliphatic heterocycles. The minimum Gasteiger partial charge on any atom is -0.107 e. The second-order valence-electron chi connectivity index (χ2n) is 3.53. The molecule has 1 heteroatoms. The molecule has 0 bridgehead atoms. The van der Waals surface area contributed by atoms with Crippen molar-refractivity contribution in [3.63, 3.8) is 0 Å². The van der Waals surface area contributed by atoms with Crippen LogP contribution in [-0.4, -0.2) is 4.83 Å². The summed E-state index contributed by atoms with van der Waals surface area (Å²) in [5.41, 5.74) is 0. The van der Waals surface area contributed by atoms with Crippen LogP contribution in [0.25, 0.3) is 0 Å². The minimum absolute atomic E-state index is 0.768. The van der Waals surface area contributed by atoms with Crippen molar-refractivity contribution >= 4 is 15.9 Å². The van der Waals surface area contributed by atoms with Gasteiger partial charge in [-0.3, -0.25) is 0 Å². The maximum Gasteiger partial charge on any atom is 0.0174 e. The molecular weight excluding hydrogens is 212 g/mol. The second-order valence-corrected chi connectivity index (χ2v) is 4.70. The van der Waals surface area contributed by atoms with Crippen molar-refractivity contribution in [2.45, 2.75) is 50.3 Å². The first-order chi connectivity index (χ1) is 5.84. The first kappa shape index (κ1) is 10.1. The van der Waals surface area contributed by atoms with Gasteiger partial charge in [0.25, 0.3) is 0 Å². The first-order valence-electron chi connectivity index (χ1n) is 4.88. The van der Waals surface area contributed by atoms with E-state index in [4.69, 9.17) is 0 Å². The molecule has 1 rings (SSSR count). The van der Waals surface area contributed by atoms with Gasteiger partial charge in [-0.1, -0.05) is 28.8 Å². The van der Waals surface area contributed by atoms with Crippen LogP contribution in [-0.2, 0) is 0 Å². The summed E-state index contributed by atoms with van der Waals surface area (Å²) in [5, 5.41) is 0. The van der Waals surface area contributed by atoms with Gasteiger partial charge >= 0.3 is 0 Å². The van der Waals surface area contributed by atoms with Gasteiger partial charge in [0.1, 0.15) is 0 Å². The first-order valence-corrected chi connectivity index (χ1v) is 5.80. The molecule has 0 saturated heterocycles.